The first-order valence-electron chi connectivity index (χ1n) is 6.83. The molecule has 20 heavy (non-hydrogen) atoms. The minimum absolute atomic E-state index is 0.157. The molecule has 1 N–H and O–H groups in total. The highest BCUT2D eigenvalue weighted by Gasteiger charge is 2.14. The van der Waals surface area contributed by atoms with Crippen molar-refractivity contribution in [2.24, 2.45) is 0 Å². The van der Waals surface area contributed by atoms with Gasteiger partial charge in [0.25, 0.3) is 0 Å². The zero-order valence-corrected chi connectivity index (χ0v) is 12.4. The molecular weight excluding hydrogens is 274 g/mol. The van der Waals surface area contributed by atoms with Gasteiger partial charge >= 0.3 is 5.97 Å². The van der Waals surface area contributed by atoms with Crippen LogP contribution in [0.2, 0.25) is 0 Å². The highest BCUT2D eigenvalue weighted by atomic mass is 32.1. The van der Waals surface area contributed by atoms with Crippen molar-refractivity contribution in [3.05, 3.63) is 28.0 Å². The first kappa shape index (κ1) is 14.8. The van der Waals surface area contributed by atoms with Gasteiger partial charge in [-0.2, -0.15) is 0 Å². The second kappa shape index (κ2) is 7.24. The first-order chi connectivity index (χ1) is 9.69. The number of nitrogens with one attached hydrogen (secondary N) is 1. The van der Waals surface area contributed by atoms with Gasteiger partial charge in [0.2, 0.25) is 5.91 Å². The molecule has 1 aromatic heterocycles. The van der Waals surface area contributed by atoms with Gasteiger partial charge in [0.05, 0.1) is 7.11 Å². The molecule has 1 amide bonds. The van der Waals surface area contributed by atoms with Crippen LogP contribution in [0.25, 0.3) is 6.08 Å². The number of hydrogen-bond donors (Lipinski definition) is 1. The summed E-state index contributed by atoms with van der Waals surface area (Å²) in [6.45, 7) is 0. The zero-order valence-electron chi connectivity index (χ0n) is 11.6. The van der Waals surface area contributed by atoms with Crippen molar-refractivity contribution in [3.8, 4) is 0 Å². The summed E-state index contributed by atoms with van der Waals surface area (Å²) >= 11 is 1.41. The zero-order chi connectivity index (χ0) is 14.4. The van der Waals surface area contributed by atoms with Gasteiger partial charge < -0.3 is 10.1 Å². The van der Waals surface area contributed by atoms with E-state index in [4.69, 9.17) is 0 Å². The highest BCUT2D eigenvalue weighted by Crippen LogP contribution is 2.19. The van der Waals surface area contributed by atoms with Crippen molar-refractivity contribution in [2.45, 2.75) is 38.1 Å². The Morgan fingerprint density at radius 2 is 2.35 bits per heavy atom. The summed E-state index contributed by atoms with van der Waals surface area (Å²) in [5.74, 6) is -0.143. The third kappa shape index (κ3) is 4.20. The van der Waals surface area contributed by atoms with E-state index in [1.54, 1.807) is 6.07 Å². The fourth-order valence-electron chi connectivity index (χ4n) is 2.23. The molecule has 0 spiro atoms. The van der Waals surface area contributed by atoms with Crippen molar-refractivity contribution in [3.63, 3.8) is 0 Å². The molecule has 0 bridgehead atoms. The van der Waals surface area contributed by atoms with Crippen LogP contribution in [0.15, 0.2) is 18.2 Å². The molecule has 1 aliphatic heterocycles. The summed E-state index contributed by atoms with van der Waals surface area (Å²) in [7, 11) is 1.38. The molecule has 108 valence electrons. The predicted molar refractivity (Wildman–Crippen MR) is 79.7 cm³/mol. The Bertz CT molecular complexity index is 507. The van der Waals surface area contributed by atoms with Gasteiger partial charge in [0, 0.05) is 17.3 Å². The Labute approximate surface area is 122 Å². The van der Waals surface area contributed by atoms with Crippen LogP contribution < -0.4 is 5.32 Å². The maximum Gasteiger partial charge on any atom is 0.348 e. The number of ether oxygens (including phenoxy) is 1. The topological polar surface area (TPSA) is 55.4 Å². The number of esters is 1. The molecule has 0 radical (unpaired) electrons. The van der Waals surface area contributed by atoms with Gasteiger partial charge in [-0.25, -0.2) is 4.79 Å². The SMILES string of the molecule is COC(=O)c1ccc(/C=C/CC2CCCCC(=O)N2)s1. The van der Waals surface area contributed by atoms with Crippen LogP contribution in [0.4, 0.5) is 0 Å². The van der Waals surface area contributed by atoms with Crippen LogP contribution in [0, 0.1) is 0 Å². The molecular formula is C15H19NO3S. The van der Waals surface area contributed by atoms with E-state index >= 15 is 0 Å². The average Bonchev–Trinajstić information content (AvgIpc) is 2.81. The van der Waals surface area contributed by atoms with Crippen molar-refractivity contribution < 1.29 is 14.3 Å². The van der Waals surface area contributed by atoms with E-state index in [-0.39, 0.29) is 17.9 Å². The highest BCUT2D eigenvalue weighted by molar-refractivity contribution is 7.14. The number of rotatable bonds is 4. The van der Waals surface area contributed by atoms with Gasteiger partial charge in [0.1, 0.15) is 4.88 Å². The Morgan fingerprint density at radius 3 is 3.15 bits per heavy atom. The van der Waals surface area contributed by atoms with E-state index in [0.717, 1.165) is 30.6 Å². The second-order valence-corrected chi connectivity index (χ2v) is 5.96. The molecule has 2 heterocycles. The predicted octanol–water partition coefficient (Wildman–Crippen LogP) is 3.00. The van der Waals surface area contributed by atoms with Crippen molar-refractivity contribution in [1.82, 2.24) is 5.32 Å². The van der Waals surface area contributed by atoms with Crippen LogP contribution >= 0.6 is 11.3 Å². The summed E-state index contributed by atoms with van der Waals surface area (Å²) in [5, 5.41) is 3.04. The van der Waals surface area contributed by atoms with E-state index in [2.05, 4.69) is 16.1 Å². The third-order valence-corrected chi connectivity index (χ3v) is 4.32. The maximum atomic E-state index is 11.5. The summed E-state index contributed by atoms with van der Waals surface area (Å²) in [6.07, 6.45) is 8.65. The van der Waals surface area contributed by atoms with E-state index in [1.165, 1.54) is 18.4 Å². The normalized spacial score (nSPS) is 19.6. The Hall–Kier alpha value is -1.62. The lowest BCUT2D eigenvalue weighted by Gasteiger charge is -2.12. The number of carbonyl (C=O) groups is 2. The van der Waals surface area contributed by atoms with Crippen molar-refractivity contribution in [2.75, 3.05) is 7.11 Å². The smallest absolute Gasteiger partial charge is 0.348 e. The van der Waals surface area contributed by atoms with Gasteiger partial charge in [-0.05, 0) is 37.5 Å². The molecule has 1 saturated heterocycles. The molecule has 1 fully saturated rings. The summed E-state index contributed by atoms with van der Waals surface area (Å²) in [5.41, 5.74) is 0. The molecule has 4 nitrogen and oxygen atoms in total. The average molecular weight is 293 g/mol. The molecule has 0 aromatic carbocycles. The van der Waals surface area contributed by atoms with Crippen molar-refractivity contribution >= 4 is 29.3 Å². The lowest BCUT2D eigenvalue weighted by Crippen LogP contribution is -2.32. The monoisotopic (exact) mass is 293 g/mol. The number of amides is 1. The van der Waals surface area contributed by atoms with E-state index in [0.29, 0.717) is 11.3 Å². The molecule has 0 aliphatic carbocycles. The number of thiophene rings is 1. The lowest BCUT2D eigenvalue weighted by molar-refractivity contribution is -0.121. The number of methoxy groups -OCH3 is 1. The quantitative estimate of drug-likeness (QED) is 0.868. The van der Waals surface area contributed by atoms with Gasteiger partial charge in [-0.3, -0.25) is 4.79 Å². The molecule has 0 saturated carbocycles. The van der Waals surface area contributed by atoms with E-state index in [1.807, 2.05) is 12.1 Å². The minimum atomic E-state index is -0.300. The largest absolute Gasteiger partial charge is 0.465 e. The summed E-state index contributed by atoms with van der Waals surface area (Å²) in [4.78, 5) is 24.4. The standard InChI is InChI=1S/C15H19NO3S/c1-19-15(18)13-10-9-12(20-13)7-4-6-11-5-2-3-8-14(17)16-11/h4,7,9-11H,2-3,5-6,8H2,1H3,(H,16,17)/b7-4+. The third-order valence-electron chi connectivity index (χ3n) is 3.29. The Morgan fingerprint density at radius 1 is 1.50 bits per heavy atom. The van der Waals surface area contributed by atoms with Crippen LogP contribution in [0.1, 0.15) is 46.7 Å². The first-order valence-corrected chi connectivity index (χ1v) is 7.65. The molecule has 1 aromatic rings. The van der Waals surface area contributed by atoms with Crippen LogP contribution in [0.3, 0.4) is 0 Å². The fraction of sp³-hybridized carbons (Fsp3) is 0.467. The van der Waals surface area contributed by atoms with Crippen LogP contribution in [-0.2, 0) is 9.53 Å². The van der Waals surface area contributed by atoms with Crippen LogP contribution in [0.5, 0.6) is 0 Å². The second-order valence-electron chi connectivity index (χ2n) is 4.84. The molecule has 2 rings (SSSR count). The van der Waals surface area contributed by atoms with E-state index < -0.39 is 0 Å². The van der Waals surface area contributed by atoms with Gasteiger partial charge in [-0.1, -0.05) is 12.5 Å². The van der Waals surface area contributed by atoms with Gasteiger partial charge in [0.15, 0.2) is 0 Å². The number of carbonyl (C=O) groups excluding carboxylic acids is 2. The summed E-state index contributed by atoms with van der Waals surface area (Å²) < 4.78 is 4.67. The lowest BCUT2D eigenvalue weighted by atomic mass is 10.1. The van der Waals surface area contributed by atoms with Crippen molar-refractivity contribution in [1.29, 1.82) is 0 Å². The summed E-state index contributed by atoms with van der Waals surface area (Å²) in [6, 6.07) is 3.91. The molecule has 1 unspecified atom stereocenters. The maximum absolute atomic E-state index is 11.5. The molecule has 1 atom stereocenters. The van der Waals surface area contributed by atoms with E-state index in [9.17, 15) is 9.59 Å². The minimum Gasteiger partial charge on any atom is -0.465 e. The Kier molecular flexibility index (Phi) is 5.35. The van der Waals surface area contributed by atoms with Gasteiger partial charge in [-0.15, -0.1) is 11.3 Å². The Balaban J connectivity index is 1.87. The molecule has 1 aliphatic rings. The van der Waals surface area contributed by atoms with Crippen LogP contribution in [-0.4, -0.2) is 25.0 Å². The molecule has 5 heteroatoms. The fourth-order valence-corrected chi connectivity index (χ4v) is 3.08. The number of hydrogen-bond acceptors (Lipinski definition) is 4.